The number of hydrogen-bond acceptors (Lipinski definition) is 5. The Morgan fingerprint density at radius 2 is 1.80 bits per heavy atom. The summed E-state index contributed by atoms with van der Waals surface area (Å²) in [6, 6.07) is 19.1. The molecule has 1 atom stereocenters. The number of nitrogens with zero attached hydrogens (tertiary/aromatic N) is 1. The lowest BCUT2D eigenvalue weighted by molar-refractivity contribution is -0.156. The van der Waals surface area contributed by atoms with Crippen molar-refractivity contribution in [3.8, 4) is 5.75 Å². The molecule has 156 valence electrons. The predicted molar refractivity (Wildman–Crippen MR) is 113 cm³/mol. The zero-order valence-electron chi connectivity index (χ0n) is 16.9. The lowest BCUT2D eigenvalue weighted by Gasteiger charge is -2.16. The molecule has 0 aliphatic heterocycles. The maximum atomic E-state index is 12.3. The quantitative estimate of drug-likeness (QED) is 0.490. The second-order valence-electron chi connectivity index (χ2n) is 7.05. The van der Waals surface area contributed by atoms with Gasteiger partial charge in [-0.1, -0.05) is 56.2 Å². The van der Waals surface area contributed by atoms with Crippen LogP contribution >= 0.6 is 0 Å². The average Bonchev–Trinajstić information content (AvgIpc) is 2.77. The molecule has 6 heteroatoms. The zero-order chi connectivity index (χ0) is 21.3. The third kappa shape index (κ3) is 5.80. The van der Waals surface area contributed by atoms with E-state index in [1.54, 1.807) is 12.1 Å². The topological polar surface area (TPSA) is 85.7 Å². The number of hydrogen-bond donors (Lipinski definition) is 1. The number of carboxylic acids is 1. The van der Waals surface area contributed by atoms with Crippen LogP contribution in [0.1, 0.15) is 43.4 Å². The lowest BCUT2D eigenvalue weighted by Crippen LogP contribution is -2.20. The third-order valence-electron chi connectivity index (χ3n) is 4.79. The van der Waals surface area contributed by atoms with Gasteiger partial charge >= 0.3 is 11.9 Å². The van der Waals surface area contributed by atoms with Crippen LogP contribution in [-0.2, 0) is 20.9 Å². The molecule has 0 fully saturated rings. The van der Waals surface area contributed by atoms with Crippen LogP contribution in [0.25, 0.3) is 10.9 Å². The molecule has 3 aromatic rings. The minimum atomic E-state index is -1.16. The van der Waals surface area contributed by atoms with Gasteiger partial charge in [-0.3, -0.25) is 4.79 Å². The molecule has 1 unspecified atom stereocenters. The van der Waals surface area contributed by atoms with E-state index in [9.17, 15) is 9.59 Å². The molecule has 0 aliphatic rings. The maximum Gasteiger partial charge on any atom is 0.341 e. The number of esters is 1. The smallest absolute Gasteiger partial charge is 0.341 e. The molecule has 0 aliphatic carbocycles. The van der Waals surface area contributed by atoms with Crippen molar-refractivity contribution in [1.29, 1.82) is 0 Å². The van der Waals surface area contributed by atoms with Gasteiger partial charge in [-0.05, 0) is 36.2 Å². The highest BCUT2D eigenvalue weighted by Crippen LogP contribution is 2.26. The third-order valence-corrected chi connectivity index (χ3v) is 4.79. The molecular weight excluding hydrogens is 382 g/mol. The number of ether oxygens (including phenoxy) is 2. The number of carbonyl (C=O) groups is 2. The van der Waals surface area contributed by atoms with Crippen LogP contribution in [0.5, 0.6) is 5.75 Å². The van der Waals surface area contributed by atoms with Crippen molar-refractivity contribution >= 4 is 22.8 Å². The van der Waals surface area contributed by atoms with E-state index >= 15 is 0 Å². The first-order valence-electron chi connectivity index (χ1n) is 10.0. The molecule has 6 nitrogen and oxygen atoms in total. The number of pyridine rings is 1. The van der Waals surface area contributed by atoms with E-state index in [1.807, 2.05) is 55.5 Å². The average molecular weight is 407 g/mol. The van der Waals surface area contributed by atoms with Crippen molar-refractivity contribution in [2.75, 3.05) is 6.61 Å². The Morgan fingerprint density at radius 1 is 1.03 bits per heavy atom. The van der Waals surface area contributed by atoms with Crippen molar-refractivity contribution in [1.82, 2.24) is 4.98 Å². The van der Waals surface area contributed by atoms with Crippen LogP contribution in [0, 0.1) is 0 Å². The van der Waals surface area contributed by atoms with Crippen molar-refractivity contribution in [2.45, 2.75) is 38.7 Å². The largest absolute Gasteiger partial charge is 0.487 e. The lowest BCUT2D eigenvalue weighted by atomic mass is 9.93. The zero-order valence-corrected chi connectivity index (χ0v) is 16.9. The van der Waals surface area contributed by atoms with E-state index < -0.39 is 24.5 Å². The van der Waals surface area contributed by atoms with Crippen LogP contribution < -0.4 is 4.74 Å². The molecular formula is C24H25NO5. The Hall–Kier alpha value is -3.41. The van der Waals surface area contributed by atoms with E-state index in [2.05, 4.69) is 4.98 Å². The monoisotopic (exact) mass is 407 g/mol. The molecule has 0 spiro atoms. The van der Waals surface area contributed by atoms with Gasteiger partial charge in [-0.2, -0.15) is 0 Å². The summed E-state index contributed by atoms with van der Waals surface area (Å²) in [5.41, 5.74) is 2.54. The minimum absolute atomic E-state index is 0.337. The number of para-hydroxylation sites is 1. The van der Waals surface area contributed by atoms with Crippen molar-refractivity contribution in [2.24, 2.45) is 0 Å². The number of unbranched alkanes of at least 4 members (excludes halogenated alkanes) is 1. The Labute approximate surface area is 175 Å². The van der Waals surface area contributed by atoms with Crippen LogP contribution in [-0.4, -0.2) is 28.6 Å². The SMILES string of the molecule is CCCCC(C(=O)OCC(=O)O)c1ccc(OCc2ccc3ccccc3n2)cc1. The van der Waals surface area contributed by atoms with Gasteiger partial charge in [0.25, 0.3) is 0 Å². The number of carbonyl (C=O) groups excluding carboxylic acids is 1. The van der Waals surface area contributed by atoms with E-state index in [4.69, 9.17) is 14.6 Å². The predicted octanol–water partition coefficient (Wildman–Crippen LogP) is 4.72. The highest BCUT2D eigenvalue weighted by atomic mass is 16.5. The summed E-state index contributed by atoms with van der Waals surface area (Å²) < 4.78 is 10.7. The molecule has 1 N–H and O–H groups in total. The van der Waals surface area contributed by atoms with E-state index in [1.165, 1.54) is 0 Å². The van der Waals surface area contributed by atoms with Gasteiger partial charge in [0.15, 0.2) is 6.61 Å². The highest BCUT2D eigenvalue weighted by molar-refractivity contribution is 5.81. The van der Waals surface area contributed by atoms with Crippen LogP contribution in [0.4, 0.5) is 0 Å². The van der Waals surface area contributed by atoms with E-state index in [0.29, 0.717) is 18.8 Å². The van der Waals surface area contributed by atoms with Gasteiger partial charge in [0, 0.05) is 5.39 Å². The second-order valence-corrected chi connectivity index (χ2v) is 7.05. The fourth-order valence-corrected chi connectivity index (χ4v) is 3.20. The minimum Gasteiger partial charge on any atom is -0.487 e. The fraction of sp³-hybridized carbons (Fsp3) is 0.292. The molecule has 0 bridgehead atoms. The van der Waals surface area contributed by atoms with Crippen molar-refractivity contribution in [3.05, 3.63) is 71.9 Å². The van der Waals surface area contributed by atoms with Gasteiger partial charge in [0.1, 0.15) is 12.4 Å². The van der Waals surface area contributed by atoms with Crippen LogP contribution in [0.2, 0.25) is 0 Å². The van der Waals surface area contributed by atoms with E-state index in [0.717, 1.165) is 35.0 Å². The van der Waals surface area contributed by atoms with Gasteiger partial charge in [-0.15, -0.1) is 0 Å². The molecule has 1 aromatic heterocycles. The summed E-state index contributed by atoms with van der Waals surface area (Å²) >= 11 is 0. The second kappa shape index (κ2) is 10.4. The summed E-state index contributed by atoms with van der Waals surface area (Å²) in [6.45, 7) is 1.75. The molecule has 30 heavy (non-hydrogen) atoms. The fourth-order valence-electron chi connectivity index (χ4n) is 3.20. The Bertz CT molecular complexity index is 1000. The molecule has 0 radical (unpaired) electrons. The summed E-state index contributed by atoms with van der Waals surface area (Å²) in [6.07, 6.45) is 2.39. The number of benzene rings is 2. The first kappa shape index (κ1) is 21.3. The first-order chi connectivity index (χ1) is 14.6. The summed E-state index contributed by atoms with van der Waals surface area (Å²) in [4.78, 5) is 27.6. The summed E-state index contributed by atoms with van der Waals surface area (Å²) in [5, 5.41) is 9.82. The maximum absolute atomic E-state index is 12.3. The number of fused-ring (bicyclic) bond motifs is 1. The Balaban J connectivity index is 1.65. The Kier molecular flexibility index (Phi) is 7.38. The first-order valence-corrected chi connectivity index (χ1v) is 10.0. The number of rotatable bonds is 10. The molecule has 2 aromatic carbocycles. The molecule has 3 rings (SSSR count). The number of aliphatic carboxylic acids is 1. The Morgan fingerprint density at radius 3 is 2.53 bits per heavy atom. The summed E-state index contributed by atoms with van der Waals surface area (Å²) in [5.74, 6) is -1.49. The molecule has 1 heterocycles. The van der Waals surface area contributed by atoms with Crippen LogP contribution in [0.3, 0.4) is 0 Å². The summed E-state index contributed by atoms with van der Waals surface area (Å²) in [7, 11) is 0. The number of aromatic nitrogens is 1. The van der Waals surface area contributed by atoms with Gasteiger partial charge in [0.2, 0.25) is 0 Å². The van der Waals surface area contributed by atoms with Crippen molar-refractivity contribution < 1.29 is 24.2 Å². The molecule has 0 saturated carbocycles. The van der Waals surface area contributed by atoms with E-state index in [-0.39, 0.29) is 0 Å². The van der Waals surface area contributed by atoms with Gasteiger partial charge in [0.05, 0.1) is 17.1 Å². The normalized spacial score (nSPS) is 11.8. The number of carboxylic acid groups (broad SMARTS) is 1. The molecule has 0 saturated heterocycles. The van der Waals surface area contributed by atoms with Crippen molar-refractivity contribution in [3.63, 3.8) is 0 Å². The van der Waals surface area contributed by atoms with Gasteiger partial charge < -0.3 is 14.6 Å². The highest BCUT2D eigenvalue weighted by Gasteiger charge is 2.22. The van der Waals surface area contributed by atoms with Crippen LogP contribution in [0.15, 0.2) is 60.7 Å². The van der Waals surface area contributed by atoms with Gasteiger partial charge in [-0.25, -0.2) is 9.78 Å². The standard InChI is InChI=1S/C24H25NO5/c1-2-3-7-21(24(28)30-16-23(26)27)17-10-13-20(14-11-17)29-15-19-12-9-18-6-4-5-8-22(18)25-19/h4-6,8-14,21H,2-3,7,15-16H2,1H3,(H,26,27). The molecule has 0 amide bonds.